The van der Waals surface area contributed by atoms with Crippen molar-refractivity contribution in [1.29, 1.82) is 0 Å². The first-order chi connectivity index (χ1) is 12.0. The number of halogens is 1. The highest BCUT2D eigenvalue weighted by Gasteiger charge is 2.20. The number of anilines is 1. The molecule has 2 heterocycles. The van der Waals surface area contributed by atoms with Gasteiger partial charge >= 0.3 is 0 Å². The Morgan fingerprint density at radius 3 is 2.88 bits per heavy atom. The van der Waals surface area contributed by atoms with Gasteiger partial charge in [0.1, 0.15) is 0 Å². The lowest BCUT2D eigenvalue weighted by Gasteiger charge is -2.23. The van der Waals surface area contributed by atoms with Crippen LogP contribution in [0.3, 0.4) is 0 Å². The first-order valence-electron chi connectivity index (χ1n) is 7.92. The van der Waals surface area contributed by atoms with Gasteiger partial charge in [0, 0.05) is 18.3 Å². The minimum absolute atomic E-state index is 0.0202. The van der Waals surface area contributed by atoms with Crippen molar-refractivity contribution >= 4 is 16.0 Å². The lowest BCUT2D eigenvalue weighted by atomic mass is 10.0. The van der Waals surface area contributed by atoms with E-state index in [-0.39, 0.29) is 22.6 Å². The number of benzene rings is 1. The third-order valence-electron chi connectivity index (χ3n) is 4.00. The van der Waals surface area contributed by atoms with E-state index in [2.05, 4.69) is 20.0 Å². The zero-order valence-electron chi connectivity index (χ0n) is 13.7. The number of ether oxygens (including phenoxy) is 1. The number of sulfonamides is 1. The minimum Gasteiger partial charge on any atom is -0.494 e. The molecule has 1 aliphatic heterocycles. The zero-order chi connectivity index (χ0) is 17.9. The molecule has 9 heteroatoms. The predicted molar refractivity (Wildman–Crippen MR) is 90.4 cm³/mol. The van der Waals surface area contributed by atoms with Crippen LogP contribution in [-0.4, -0.2) is 32.0 Å². The summed E-state index contributed by atoms with van der Waals surface area (Å²) in [5.74, 6) is -0.805. The molecular weight excluding hydrogens is 347 g/mol. The molecule has 7 nitrogen and oxygen atoms in total. The fraction of sp³-hybridized carbons (Fsp3) is 0.375. The first-order valence-corrected chi connectivity index (χ1v) is 9.40. The molecule has 2 aromatic rings. The highest BCUT2D eigenvalue weighted by Crippen LogP contribution is 2.24. The Hall–Kier alpha value is -2.26. The quantitative estimate of drug-likeness (QED) is 0.843. The van der Waals surface area contributed by atoms with Crippen molar-refractivity contribution in [2.45, 2.75) is 30.2 Å². The van der Waals surface area contributed by atoms with E-state index in [1.54, 1.807) is 6.07 Å². The average molecular weight is 366 g/mol. The highest BCUT2D eigenvalue weighted by molar-refractivity contribution is 7.92. The van der Waals surface area contributed by atoms with Gasteiger partial charge in [0.15, 0.2) is 11.6 Å². The van der Waals surface area contributed by atoms with Gasteiger partial charge in [-0.05, 0) is 37.6 Å². The molecule has 1 unspecified atom stereocenters. The summed E-state index contributed by atoms with van der Waals surface area (Å²) in [4.78, 5) is 8.14. The molecule has 1 aromatic heterocycles. The summed E-state index contributed by atoms with van der Waals surface area (Å²) in [7, 11) is -2.68. The number of nitrogens with one attached hydrogen (secondary N) is 2. The van der Waals surface area contributed by atoms with Crippen molar-refractivity contribution in [3.8, 4) is 5.75 Å². The van der Waals surface area contributed by atoms with Crippen molar-refractivity contribution in [3.05, 3.63) is 42.0 Å². The Morgan fingerprint density at radius 2 is 2.16 bits per heavy atom. The second-order valence-electron chi connectivity index (χ2n) is 5.71. The number of rotatable bonds is 5. The standard InChI is InChI=1S/C16H19FN4O3S/c1-24-15-10-11(5-6-12(15)17)25(22,23)21-16-19-9-7-14(20-16)13-4-2-3-8-18-13/h5-7,9-10,13,18H,2-4,8H2,1H3,(H,19,20,21). The van der Waals surface area contributed by atoms with Gasteiger partial charge in [0.2, 0.25) is 5.95 Å². The molecule has 0 saturated carbocycles. The molecule has 1 fully saturated rings. The van der Waals surface area contributed by atoms with E-state index in [4.69, 9.17) is 4.74 Å². The number of methoxy groups -OCH3 is 1. The van der Waals surface area contributed by atoms with Crippen molar-refractivity contribution in [1.82, 2.24) is 15.3 Å². The van der Waals surface area contributed by atoms with Gasteiger partial charge < -0.3 is 10.1 Å². The molecule has 2 N–H and O–H groups in total. The Kier molecular flexibility index (Phi) is 5.14. The van der Waals surface area contributed by atoms with Crippen LogP contribution in [0.25, 0.3) is 0 Å². The molecule has 1 aromatic carbocycles. The summed E-state index contributed by atoms with van der Waals surface area (Å²) < 4.78 is 45.6. The van der Waals surface area contributed by atoms with E-state index in [0.717, 1.165) is 49.7 Å². The second-order valence-corrected chi connectivity index (χ2v) is 7.39. The molecule has 134 valence electrons. The third kappa shape index (κ3) is 4.05. The molecule has 0 radical (unpaired) electrons. The van der Waals surface area contributed by atoms with E-state index in [1.807, 2.05) is 0 Å². The molecule has 0 amide bonds. The molecule has 0 spiro atoms. The van der Waals surface area contributed by atoms with E-state index >= 15 is 0 Å². The third-order valence-corrected chi connectivity index (χ3v) is 5.33. The SMILES string of the molecule is COc1cc(S(=O)(=O)Nc2nccc(C3CCCCN3)n2)ccc1F. The summed E-state index contributed by atoms with van der Waals surface area (Å²) in [6.45, 7) is 0.908. The van der Waals surface area contributed by atoms with Crippen LogP contribution in [0.1, 0.15) is 31.0 Å². The maximum Gasteiger partial charge on any atom is 0.264 e. The van der Waals surface area contributed by atoms with Crippen LogP contribution >= 0.6 is 0 Å². The molecule has 1 atom stereocenters. The van der Waals surface area contributed by atoms with Crippen LogP contribution in [0, 0.1) is 5.82 Å². The Bertz CT molecular complexity index is 854. The summed E-state index contributed by atoms with van der Waals surface area (Å²) in [5.41, 5.74) is 0.740. The average Bonchev–Trinajstić information content (AvgIpc) is 2.62. The Balaban J connectivity index is 1.83. The molecule has 1 saturated heterocycles. The fourth-order valence-electron chi connectivity index (χ4n) is 2.71. The van der Waals surface area contributed by atoms with Gasteiger partial charge in [0.05, 0.1) is 17.7 Å². The molecule has 25 heavy (non-hydrogen) atoms. The first kappa shape index (κ1) is 17.6. The Labute approximate surface area is 145 Å². The second kappa shape index (κ2) is 7.32. The Morgan fingerprint density at radius 1 is 1.32 bits per heavy atom. The van der Waals surface area contributed by atoms with E-state index in [9.17, 15) is 12.8 Å². The van der Waals surface area contributed by atoms with Gasteiger partial charge in [0.25, 0.3) is 10.0 Å². The summed E-state index contributed by atoms with van der Waals surface area (Å²) in [6.07, 6.45) is 4.67. The van der Waals surface area contributed by atoms with E-state index in [0.29, 0.717) is 0 Å². The number of nitrogens with zero attached hydrogens (tertiary/aromatic N) is 2. The van der Waals surface area contributed by atoms with E-state index < -0.39 is 15.8 Å². The van der Waals surface area contributed by atoms with Gasteiger partial charge in [-0.1, -0.05) is 6.42 Å². The number of piperidine rings is 1. The van der Waals surface area contributed by atoms with Crippen LogP contribution < -0.4 is 14.8 Å². The maximum atomic E-state index is 13.5. The van der Waals surface area contributed by atoms with Gasteiger partial charge in [-0.25, -0.2) is 27.5 Å². The highest BCUT2D eigenvalue weighted by atomic mass is 32.2. The van der Waals surface area contributed by atoms with Crippen LogP contribution in [0.5, 0.6) is 5.75 Å². The van der Waals surface area contributed by atoms with Crippen LogP contribution in [-0.2, 0) is 10.0 Å². The van der Waals surface area contributed by atoms with Gasteiger partial charge in [-0.15, -0.1) is 0 Å². The van der Waals surface area contributed by atoms with Gasteiger partial charge in [-0.3, -0.25) is 0 Å². The number of aromatic nitrogens is 2. The molecule has 0 bridgehead atoms. The normalized spacial score (nSPS) is 17.9. The zero-order valence-corrected chi connectivity index (χ0v) is 14.5. The molecule has 0 aliphatic carbocycles. The predicted octanol–water partition coefficient (Wildman–Crippen LogP) is 2.24. The fourth-order valence-corrected chi connectivity index (χ4v) is 3.67. The molecular formula is C16H19FN4O3S. The summed E-state index contributed by atoms with van der Waals surface area (Å²) in [6, 6.07) is 5.17. The largest absolute Gasteiger partial charge is 0.494 e. The van der Waals surface area contributed by atoms with E-state index in [1.165, 1.54) is 13.3 Å². The molecule has 3 rings (SSSR count). The van der Waals surface area contributed by atoms with Crippen molar-refractivity contribution in [3.63, 3.8) is 0 Å². The van der Waals surface area contributed by atoms with Gasteiger partial charge in [-0.2, -0.15) is 0 Å². The summed E-state index contributed by atoms with van der Waals surface area (Å²) in [5, 5.41) is 3.35. The molecule has 1 aliphatic rings. The minimum atomic E-state index is -3.95. The number of hydrogen-bond donors (Lipinski definition) is 2. The van der Waals surface area contributed by atoms with Crippen molar-refractivity contribution in [2.24, 2.45) is 0 Å². The number of hydrogen-bond acceptors (Lipinski definition) is 6. The van der Waals surface area contributed by atoms with Crippen LogP contribution in [0.15, 0.2) is 35.4 Å². The lowest BCUT2D eigenvalue weighted by molar-refractivity contribution is 0.385. The summed E-state index contributed by atoms with van der Waals surface area (Å²) >= 11 is 0. The topological polar surface area (TPSA) is 93.2 Å². The van der Waals surface area contributed by atoms with Crippen molar-refractivity contribution < 1.29 is 17.5 Å². The van der Waals surface area contributed by atoms with Crippen LogP contribution in [0.2, 0.25) is 0 Å². The maximum absolute atomic E-state index is 13.5. The smallest absolute Gasteiger partial charge is 0.264 e. The van der Waals surface area contributed by atoms with Crippen LogP contribution in [0.4, 0.5) is 10.3 Å². The monoisotopic (exact) mass is 366 g/mol. The lowest BCUT2D eigenvalue weighted by Crippen LogP contribution is -2.28. The van der Waals surface area contributed by atoms with Crippen molar-refractivity contribution in [2.75, 3.05) is 18.4 Å².